The number of ether oxygens (including phenoxy) is 1. The Labute approximate surface area is 330 Å². The molecule has 14 heteroatoms. The van der Waals surface area contributed by atoms with Crippen LogP contribution in [0.25, 0.3) is 0 Å². The minimum absolute atomic E-state index is 0.00832. The van der Waals surface area contributed by atoms with Gasteiger partial charge in [-0.05, 0) is 61.0 Å². The van der Waals surface area contributed by atoms with E-state index in [1.165, 1.54) is 0 Å². The van der Waals surface area contributed by atoms with Crippen molar-refractivity contribution in [1.29, 1.82) is 5.26 Å². The number of carbonyl (C=O) groups is 5. The standard InChI is InChI=1S/C42H44ClN7O6/c1-41(2)39(42(3,4)40(41)56-29-11-7-25(21-44)32(43)20-29)45-26-8-5-24(6-9-26)36(53)48-17-15-47(16-18-48)28-22-49(23-28)27-10-12-30-31(19-27)38(55)50(37(30)54)33-13-14-34(51)46-35(33)52/h5-12,19-20,28,33,39-40,45H,13-18,22-23H2,1-4H3,(H,46,51,52). The third-order valence-corrected chi connectivity index (χ3v) is 12.7. The highest BCUT2D eigenvalue weighted by molar-refractivity contribution is 6.31. The minimum Gasteiger partial charge on any atom is -0.489 e. The molecule has 2 N–H and O–H groups in total. The molecular formula is C42H44ClN7O6. The number of hydrogen-bond donors (Lipinski definition) is 2. The van der Waals surface area contributed by atoms with Gasteiger partial charge in [0.25, 0.3) is 17.7 Å². The molecule has 56 heavy (non-hydrogen) atoms. The van der Waals surface area contributed by atoms with Crippen molar-refractivity contribution in [3.05, 3.63) is 87.9 Å². The van der Waals surface area contributed by atoms with Gasteiger partial charge in [0, 0.05) is 91.6 Å². The van der Waals surface area contributed by atoms with Crippen molar-refractivity contribution in [3.63, 3.8) is 0 Å². The second kappa shape index (κ2) is 13.9. The number of benzene rings is 3. The molecule has 13 nitrogen and oxygen atoms in total. The maximum atomic E-state index is 13.5. The summed E-state index contributed by atoms with van der Waals surface area (Å²) in [6.45, 7) is 12.9. The Morgan fingerprint density at radius 1 is 0.893 bits per heavy atom. The van der Waals surface area contributed by atoms with Crippen LogP contribution in [0.15, 0.2) is 60.7 Å². The van der Waals surface area contributed by atoms with Gasteiger partial charge in [0.05, 0.1) is 21.7 Å². The van der Waals surface area contributed by atoms with Gasteiger partial charge < -0.3 is 19.9 Å². The molecule has 1 atom stereocenters. The molecular weight excluding hydrogens is 734 g/mol. The molecule has 3 aromatic rings. The van der Waals surface area contributed by atoms with Crippen LogP contribution in [0.3, 0.4) is 0 Å². The number of imide groups is 2. The average molecular weight is 778 g/mol. The highest BCUT2D eigenvalue weighted by Gasteiger charge is 2.63. The lowest BCUT2D eigenvalue weighted by Crippen LogP contribution is -2.72. The van der Waals surface area contributed by atoms with Crippen LogP contribution in [0.1, 0.15) is 77.2 Å². The van der Waals surface area contributed by atoms with E-state index in [2.05, 4.69) is 54.2 Å². The van der Waals surface area contributed by atoms with Crippen LogP contribution in [0.4, 0.5) is 11.4 Å². The van der Waals surface area contributed by atoms with E-state index in [-0.39, 0.29) is 52.9 Å². The Morgan fingerprint density at radius 2 is 1.57 bits per heavy atom. The SMILES string of the molecule is CC1(C)C(Nc2ccc(C(=O)N3CCN(C4CN(c5ccc6c(c5)C(=O)N(C5CCC(=O)NC5=O)C6=O)C4)CC3)cc2)C(C)(C)C1Oc1ccc(C#N)c(Cl)c1. The first-order valence-electron chi connectivity index (χ1n) is 19.0. The number of rotatable bonds is 8. The van der Waals surface area contributed by atoms with Crippen molar-refractivity contribution >= 4 is 52.5 Å². The van der Waals surface area contributed by atoms with Crippen LogP contribution in [0.2, 0.25) is 5.02 Å². The highest BCUT2D eigenvalue weighted by Crippen LogP contribution is 2.56. The summed E-state index contributed by atoms with van der Waals surface area (Å²) in [5.74, 6) is -1.41. The zero-order chi connectivity index (χ0) is 39.7. The van der Waals surface area contributed by atoms with Gasteiger partial charge in [-0.1, -0.05) is 39.3 Å². The average Bonchev–Trinajstić information content (AvgIpc) is 3.40. The van der Waals surface area contributed by atoms with Crippen LogP contribution < -0.4 is 20.3 Å². The minimum atomic E-state index is -0.990. The number of hydrogen-bond acceptors (Lipinski definition) is 10. The van der Waals surface area contributed by atoms with Gasteiger partial charge in [-0.15, -0.1) is 0 Å². The zero-order valence-electron chi connectivity index (χ0n) is 31.8. The topological polar surface area (TPSA) is 155 Å². The van der Waals surface area contributed by atoms with E-state index in [4.69, 9.17) is 16.3 Å². The molecule has 3 aromatic carbocycles. The van der Waals surface area contributed by atoms with Gasteiger partial charge in [0.2, 0.25) is 11.8 Å². The van der Waals surface area contributed by atoms with Crippen LogP contribution in [-0.2, 0) is 9.59 Å². The van der Waals surface area contributed by atoms with E-state index in [0.717, 1.165) is 42.5 Å². The number of fused-ring (bicyclic) bond motifs is 1. The van der Waals surface area contributed by atoms with Gasteiger partial charge in [0.15, 0.2) is 0 Å². The number of nitriles is 1. The van der Waals surface area contributed by atoms with Gasteiger partial charge in [0.1, 0.15) is 24.0 Å². The molecule has 4 fully saturated rings. The van der Waals surface area contributed by atoms with Gasteiger partial charge in [-0.3, -0.25) is 39.1 Å². The summed E-state index contributed by atoms with van der Waals surface area (Å²) in [5.41, 5.74) is 2.92. The van der Waals surface area contributed by atoms with Crippen LogP contribution >= 0.6 is 11.6 Å². The summed E-state index contributed by atoms with van der Waals surface area (Å²) in [6, 6.07) is 19.5. The van der Waals surface area contributed by atoms with Crippen LogP contribution in [0, 0.1) is 22.2 Å². The van der Waals surface area contributed by atoms with Crippen molar-refractivity contribution in [1.82, 2.24) is 20.0 Å². The van der Waals surface area contributed by atoms with Gasteiger partial charge in [-0.25, -0.2) is 0 Å². The smallest absolute Gasteiger partial charge is 0.262 e. The number of halogens is 1. The van der Waals surface area contributed by atoms with E-state index in [0.29, 0.717) is 41.0 Å². The molecule has 290 valence electrons. The zero-order valence-corrected chi connectivity index (χ0v) is 32.6. The Bertz CT molecular complexity index is 2170. The number of carbonyl (C=O) groups excluding carboxylic acids is 5. The van der Waals surface area contributed by atoms with Crippen molar-refractivity contribution in [2.75, 3.05) is 49.5 Å². The monoisotopic (exact) mass is 777 g/mol. The molecule has 0 bridgehead atoms. The first kappa shape index (κ1) is 37.5. The molecule has 5 amide bonds. The predicted octanol–water partition coefficient (Wildman–Crippen LogP) is 4.55. The largest absolute Gasteiger partial charge is 0.489 e. The summed E-state index contributed by atoms with van der Waals surface area (Å²) in [7, 11) is 0. The second-order valence-electron chi connectivity index (χ2n) is 16.6. The Morgan fingerprint density at radius 3 is 2.21 bits per heavy atom. The third-order valence-electron chi connectivity index (χ3n) is 12.4. The summed E-state index contributed by atoms with van der Waals surface area (Å²) in [6.07, 6.45) is 0.0972. The van der Waals surface area contributed by atoms with Crippen LogP contribution in [0.5, 0.6) is 5.75 Å². The van der Waals surface area contributed by atoms with Gasteiger partial charge in [-0.2, -0.15) is 5.26 Å². The highest BCUT2D eigenvalue weighted by atomic mass is 35.5. The lowest BCUT2D eigenvalue weighted by molar-refractivity contribution is -0.147. The number of piperidine rings is 1. The van der Waals surface area contributed by atoms with E-state index in [1.807, 2.05) is 35.2 Å². The summed E-state index contributed by atoms with van der Waals surface area (Å²) >= 11 is 6.26. The predicted molar refractivity (Wildman–Crippen MR) is 209 cm³/mol. The van der Waals surface area contributed by atoms with Crippen LogP contribution in [-0.4, -0.2) is 108 Å². The molecule has 1 unspecified atom stereocenters. The molecule has 1 aliphatic carbocycles. The fraction of sp³-hybridized carbons (Fsp3) is 0.429. The van der Waals surface area contributed by atoms with Gasteiger partial charge >= 0.3 is 0 Å². The Balaban J connectivity index is 0.816. The fourth-order valence-electron chi connectivity index (χ4n) is 9.50. The molecule has 8 rings (SSSR count). The summed E-state index contributed by atoms with van der Waals surface area (Å²) in [5, 5.41) is 15.5. The Kier molecular flexibility index (Phi) is 9.32. The molecule has 5 aliphatic rings. The third kappa shape index (κ3) is 6.34. The normalized spacial score (nSPS) is 24.5. The number of amides is 5. The second-order valence-corrected chi connectivity index (χ2v) is 17.0. The maximum Gasteiger partial charge on any atom is 0.262 e. The molecule has 0 radical (unpaired) electrons. The van der Waals surface area contributed by atoms with E-state index in [1.54, 1.807) is 30.3 Å². The lowest BCUT2D eigenvalue weighted by atomic mass is 9.49. The lowest BCUT2D eigenvalue weighted by Gasteiger charge is -2.63. The fourth-order valence-corrected chi connectivity index (χ4v) is 9.71. The van der Waals surface area contributed by atoms with Crippen molar-refractivity contribution in [2.45, 2.75) is 64.8 Å². The quantitative estimate of drug-likeness (QED) is 0.312. The summed E-state index contributed by atoms with van der Waals surface area (Å²) in [4.78, 5) is 71.4. The summed E-state index contributed by atoms with van der Waals surface area (Å²) < 4.78 is 6.42. The molecule has 4 aliphatic heterocycles. The van der Waals surface area contributed by atoms with Crippen molar-refractivity contribution < 1.29 is 28.7 Å². The van der Waals surface area contributed by atoms with E-state index >= 15 is 0 Å². The van der Waals surface area contributed by atoms with Crippen molar-refractivity contribution in [3.8, 4) is 11.8 Å². The molecule has 1 saturated carbocycles. The number of nitrogens with one attached hydrogen (secondary N) is 2. The molecule has 4 heterocycles. The molecule has 0 aromatic heterocycles. The van der Waals surface area contributed by atoms with E-state index < -0.39 is 29.7 Å². The Hall–Kier alpha value is -5.45. The first-order valence-corrected chi connectivity index (χ1v) is 19.4. The number of piperazine rings is 1. The molecule has 0 spiro atoms. The molecule has 3 saturated heterocycles. The van der Waals surface area contributed by atoms with Crippen molar-refractivity contribution in [2.24, 2.45) is 10.8 Å². The first-order chi connectivity index (χ1) is 26.7. The number of anilines is 2. The number of nitrogens with zero attached hydrogens (tertiary/aromatic N) is 5. The van der Waals surface area contributed by atoms with E-state index in [9.17, 15) is 29.2 Å². The maximum absolute atomic E-state index is 13.5.